The van der Waals surface area contributed by atoms with Gasteiger partial charge in [-0.2, -0.15) is 0 Å². The highest BCUT2D eigenvalue weighted by atomic mass is 35.5. The molecule has 6 nitrogen and oxygen atoms in total. The summed E-state index contributed by atoms with van der Waals surface area (Å²) in [5.41, 5.74) is 4.83. The monoisotopic (exact) mass is 522 g/mol. The van der Waals surface area contributed by atoms with Gasteiger partial charge in [-0.1, -0.05) is 79.2 Å². The number of rotatable bonds is 7. The summed E-state index contributed by atoms with van der Waals surface area (Å²) in [4.78, 5) is 31.0. The zero-order chi connectivity index (χ0) is 26.5. The summed E-state index contributed by atoms with van der Waals surface area (Å²) in [5.74, 6) is 0.747. The van der Waals surface area contributed by atoms with Gasteiger partial charge in [0.1, 0.15) is 5.82 Å². The summed E-state index contributed by atoms with van der Waals surface area (Å²) >= 11 is 6.00. The smallest absolute Gasteiger partial charge is 0.308 e. The molecular weight excluding hydrogens is 496 g/mol. The van der Waals surface area contributed by atoms with Gasteiger partial charge in [0, 0.05) is 22.8 Å². The molecule has 2 N–H and O–H groups in total. The minimum atomic E-state index is -0.430. The highest BCUT2D eigenvalue weighted by Gasteiger charge is 2.13. The number of carbonyl (C=O) groups excluding carboxylic acids is 1. The average Bonchev–Trinajstić information content (AvgIpc) is 2.92. The van der Waals surface area contributed by atoms with E-state index in [1.807, 2.05) is 30.3 Å². The van der Waals surface area contributed by atoms with Crippen LogP contribution in [0.25, 0.3) is 22.0 Å². The van der Waals surface area contributed by atoms with E-state index in [-0.39, 0.29) is 5.56 Å². The van der Waals surface area contributed by atoms with Crippen LogP contribution in [-0.4, -0.2) is 15.6 Å². The molecule has 0 aliphatic rings. The Morgan fingerprint density at radius 3 is 2.26 bits per heavy atom. The fourth-order valence-electron chi connectivity index (χ4n) is 4.40. The van der Waals surface area contributed by atoms with Crippen LogP contribution in [0.15, 0.2) is 102 Å². The van der Waals surface area contributed by atoms with Crippen molar-refractivity contribution in [2.45, 2.75) is 26.3 Å². The van der Waals surface area contributed by atoms with Gasteiger partial charge in [0.15, 0.2) is 0 Å². The van der Waals surface area contributed by atoms with Crippen molar-refractivity contribution in [3.05, 3.63) is 124 Å². The van der Waals surface area contributed by atoms with Crippen molar-refractivity contribution in [2.24, 2.45) is 0 Å². The Labute approximate surface area is 225 Å². The van der Waals surface area contributed by atoms with Crippen LogP contribution in [0.4, 0.5) is 16.2 Å². The molecule has 0 spiro atoms. The molecule has 190 valence electrons. The number of hydrogen-bond donors (Lipinski definition) is 2. The molecule has 1 aromatic heterocycles. The molecule has 1 heterocycles. The number of aromatic nitrogens is 2. The SMILES string of the molecule is CCCc1nc2ccc(NC(=O)Nc3cccc(Cl)c3)cc2c(=O)n1Cc1ccc(-c2ccccc2)cc1. The Morgan fingerprint density at radius 2 is 1.55 bits per heavy atom. The lowest BCUT2D eigenvalue weighted by atomic mass is 10.0. The standard InChI is InChI=1S/C31H27ClN4O2/c1-2-7-29-35-28-17-16-26(34-31(38)33-25-11-6-10-24(32)18-25)19-27(28)30(37)36(29)20-21-12-14-23(15-13-21)22-8-4-3-5-9-22/h3-6,8-19H,2,7,20H2,1H3,(H2,33,34,38). The number of hydrogen-bond acceptors (Lipinski definition) is 3. The molecule has 0 saturated heterocycles. The molecule has 0 aliphatic heterocycles. The number of fused-ring (bicyclic) bond motifs is 1. The number of nitrogens with one attached hydrogen (secondary N) is 2. The van der Waals surface area contributed by atoms with E-state index in [4.69, 9.17) is 16.6 Å². The third-order valence-corrected chi connectivity index (χ3v) is 6.48. The molecule has 2 amide bonds. The van der Waals surface area contributed by atoms with Crippen LogP contribution < -0.4 is 16.2 Å². The lowest BCUT2D eigenvalue weighted by Gasteiger charge is -2.15. The summed E-state index contributed by atoms with van der Waals surface area (Å²) in [5, 5.41) is 6.51. The van der Waals surface area contributed by atoms with Gasteiger partial charge < -0.3 is 10.6 Å². The van der Waals surface area contributed by atoms with Crippen molar-refractivity contribution in [1.29, 1.82) is 0 Å². The van der Waals surface area contributed by atoms with Gasteiger partial charge in [-0.3, -0.25) is 9.36 Å². The summed E-state index contributed by atoms with van der Waals surface area (Å²) in [7, 11) is 0. The zero-order valence-corrected chi connectivity index (χ0v) is 21.7. The summed E-state index contributed by atoms with van der Waals surface area (Å²) in [6, 6.07) is 30.1. The van der Waals surface area contributed by atoms with Crippen LogP contribution in [0.2, 0.25) is 5.02 Å². The Hall–Kier alpha value is -4.42. The number of carbonyl (C=O) groups is 1. The molecule has 0 fully saturated rings. The largest absolute Gasteiger partial charge is 0.323 e. The molecule has 0 aliphatic carbocycles. The van der Waals surface area contributed by atoms with E-state index in [9.17, 15) is 9.59 Å². The fourth-order valence-corrected chi connectivity index (χ4v) is 4.59. The van der Waals surface area contributed by atoms with Crippen LogP contribution in [0.5, 0.6) is 0 Å². The van der Waals surface area contributed by atoms with Crippen LogP contribution in [-0.2, 0) is 13.0 Å². The van der Waals surface area contributed by atoms with E-state index in [0.29, 0.717) is 40.3 Å². The maximum absolute atomic E-state index is 13.7. The van der Waals surface area contributed by atoms with E-state index >= 15 is 0 Å². The van der Waals surface area contributed by atoms with Crippen LogP contribution in [0, 0.1) is 0 Å². The van der Waals surface area contributed by atoms with Gasteiger partial charge >= 0.3 is 6.03 Å². The first kappa shape index (κ1) is 25.2. The topological polar surface area (TPSA) is 76.0 Å². The second-order valence-electron chi connectivity index (χ2n) is 9.05. The molecule has 0 unspecified atom stereocenters. The second kappa shape index (κ2) is 11.3. The van der Waals surface area contributed by atoms with E-state index in [1.54, 1.807) is 47.0 Å². The van der Waals surface area contributed by atoms with E-state index in [1.165, 1.54) is 0 Å². The first-order valence-electron chi connectivity index (χ1n) is 12.5. The minimum Gasteiger partial charge on any atom is -0.308 e. The molecule has 0 saturated carbocycles. The van der Waals surface area contributed by atoms with E-state index in [2.05, 4.69) is 41.8 Å². The van der Waals surface area contributed by atoms with Crippen molar-refractivity contribution in [3.63, 3.8) is 0 Å². The Bertz CT molecular complexity index is 1650. The Morgan fingerprint density at radius 1 is 0.842 bits per heavy atom. The molecule has 0 bridgehead atoms. The maximum atomic E-state index is 13.7. The van der Waals surface area contributed by atoms with Gasteiger partial charge in [-0.25, -0.2) is 9.78 Å². The molecular formula is C31H27ClN4O2. The summed E-state index contributed by atoms with van der Waals surface area (Å²) in [6.45, 7) is 2.49. The number of anilines is 2. The summed E-state index contributed by atoms with van der Waals surface area (Å²) in [6.07, 6.45) is 1.56. The van der Waals surface area contributed by atoms with E-state index in [0.717, 1.165) is 28.9 Å². The third kappa shape index (κ3) is 5.76. The van der Waals surface area contributed by atoms with Crippen molar-refractivity contribution in [1.82, 2.24) is 9.55 Å². The Balaban J connectivity index is 1.42. The normalized spacial score (nSPS) is 10.9. The number of halogens is 1. The van der Waals surface area contributed by atoms with Gasteiger partial charge in [-0.05, 0) is 59.5 Å². The highest BCUT2D eigenvalue weighted by Crippen LogP contribution is 2.21. The highest BCUT2D eigenvalue weighted by molar-refractivity contribution is 6.30. The lowest BCUT2D eigenvalue weighted by molar-refractivity contribution is 0.262. The Kier molecular flexibility index (Phi) is 7.52. The predicted octanol–water partition coefficient (Wildman–Crippen LogP) is 7.36. The zero-order valence-electron chi connectivity index (χ0n) is 20.9. The number of aryl methyl sites for hydroxylation is 1. The fraction of sp³-hybridized carbons (Fsp3) is 0.129. The van der Waals surface area contributed by atoms with Gasteiger partial charge in [0.25, 0.3) is 5.56 Å². The molecule has 5 aromatic rings. The van der Waals surface area contributed by atoms with Crippen molar-refractivity contribution in [2.75, 3.05) is 10.6 Å². The quantitative estimate of drug-likeness (QED) is 0.234. The van der Waals surface area contributed by atoms with E-state index < -0.39 is 6.03 Å². The average molecular weight is 523 g/mol. The number of benzene rings is 4. The number of urea groups is 1. The second-order valence-corrected chi connectivity index (χ2v) is 9.49. The predicted molar refractivity (Wildman–Crippen MR) is 155 cm³/mol. The summed E-state index contributed by atoms with van der Waals surface area (Å²) < 4.78 is 1.74. The van der Waals surface area contributed by atoms with Gasteiger partial charge in [0.2, 0.25) is 0 Å². The van der Waals surface area contributed by atoms with Gasteiger partial charge in [0.05, 0.1) is 17.4 Å². The first-order chi connectivity index (χ1) is 18.5. The van der Waals surface area contributed by atoms with Crippen LogP contribution >= 0.6 is 11.6 Å². The van der Waals surface area contributed by atoms with Crippen molar-refractivity contribution >= 4 is 39.9 Å². The van der Waals surface area contributed by atoms with Crippen LogP contribution in [0.3, 0.4) is 0 Å². The molecule has 4 aromatic carbocycles. The number of nitrogens with zero attached hydrogens (tertiary/aromatic N) is 2. The van der Waals surface area contributed by atoms with Gasteiger partial charge in [-0.15, -0.1) is 0 Å². The van der Waals surface area contributed by atoms with Crippen molar-refractivity contribution < 1.29 is 4.79 Å². The molecule has 0 atom stereocenters. The number of amides is 2. The minimum absolute atomic E-state index is 0.135. The van der Waals surface area contributed by atoms with Crippen LogP contribution in [0.1, 0.15) is 24.7 Å². The van der Waals surface area contributed by atoms with Crippen molar-refractivity contribution in [3.8, 4) is 11.1 Å². The molecule has 7 heteroatoms. The lowest BCUT2D eigenvalue weighted by Crippen LogP contribution is -2.26. The molecule has 38 heavy (non-hydrogen) atoms. The molecule has 0 radical (unpaired) electrons. The maximum Gasteiger partial charge on any atom is 0.323 e. The third-order valence-electron chi connectivity index (χ3n) is 6.25. The molecule has 5 rings (SSSR count). The first-order valence-corrected chi connectivity index (χ1v) is 12.9.